The van der Waals surface area contributed by atoms with Gasteiger partial charge in [0.2, 0.25) is 5.91 Å². The first kappa shape index (κ1) is 20.6. The van der Waals surface area contributed by atoms with Gasteiger partial charge in [-0.15, -0.1) is 0 Å². The van der Waals surface area contributed by atoms with Crippen LogP contribution in [0, 0.1) is 6.08 Å². The Hall–Kier alpha value is -2.13. The number of carbonyl (C=O) groups is 1. The Kier molecular flexibility index (Phi) is 7.27. The smallest absolute Gasteiger partial charge is 0.312 e. The number of halogens is 1. The lowest BCUT2D eigenvalue weighted by Crippen LogP contribution is -2.15. The van der Waals surface area contributed by atoms with Crippen LogP contribution < -0.4 is 5.32 Å². The van der Waals surface area contributed by atoms with E-state index >= 15 is 0 Å². The molecular formula is C19H28FN5O3. The summed E-state index contributed by atoms with van der Waals surface area (Å²) >= 11 is 0. The maximum Gasteiger partial charge on any atom is 0.312 e. The van der Waals surface area contributed by atoms with Crippen molar-refractivity contribution in [3.8, 4) is 0 Å². The van der Waals surface area contributed by atoms with Crippen LogP contribution in [0.25, 0.3) is 11.2 Å². The van der Waals surface area contributed by atoms with E-state index in [9.17, 15) is 14.3 Å². The molecule has 2 atom stereocenters. The third-order valence-corrected chi connectivity index (χ3v) is 5.01. The number of aliphatic hydroxyl groups is 1. The fourth-order valence-corrected chi connectivity index (χ4v) is 3.47. The van der Waals surface area contributed by atoms with E-state index in [2.05, 4.69) is 27.2 Å². The minimum absolute atomic E-state index is 0.0633. The number of aromatic nitrogens is 4. The van der Waals surface area contributed by atoms with Crippen molar-refractivity contribution in [1.82, 2.24) is 19.5 Å². The van der Waals surface area contributed by atoms with Crippen LogP contribution in [-0.4, -0.2) is 43.2 Å². The van der Waals surface area contributed by atoms with E-state index in [1.54, 1.807) is 4.57 Å². The summed E-state index contributed by atoms with van der Waals surface area (Å²) in [5, 5.41) is 11.9. The number of imidazole rings is 1. The van der Waals surface area contributed by atoms with E-state index < -0.39 is 6.08 Å². The summed E-state index contributed by atoms with van der Waals surface area (Å²) in [7, 11) is 0. The van der Waals surface area contributed by atoms with Crippen LogP contribution in [0.1, 0.15) is 70.9 Å². The summed E-state index contributed by atoms with van der Waals surface area (Å²) in [6.07, 6.45) is 8.21. The van der Waals surface area contributed by atoms with E-state index in [0.717, 1.165) is 19.3 Å². The molecule has 8 nitrogen and oxygen atoms in total. The van der Waals surface area contributed by atoms with E-state index in [4.69, 9.17) is 4.74 Å². The molecule has 0 aliphatic carbocycles. The zero-order valence-corrected chi connectivity index (χ0v) is 16.2. The van der Waals surface area contributed by atoms with E-state index in [1.807, 2.05) is 0 Å². The van der Waals surface area contributed by atoms with Gasteiger partial charge in [0.15, 0.2) is 17.0 Å². The highest BCUT2D eigenvalue weighted by Crippen LogP contribution is 2.31. The topological polar surface area (TPSA) is 102 Å². The van der Waals surface area contributed by atoms with Crippen LogP contribution >= 0.6 is 0 Å². The third-order valence-electron chi connectivity index (χ3n) is 5.01. The molecule has 154 valence electrons. The number of anilines is 1. The number of hydrogen-bond acceptors (Lipinski definition) is 6. The molecule has 1 amide bonds. The van der Waals surface area contributed by atoms with Crippen molar-refractivity contribution in [1.29, 1.82) is 0 Å². The van der Waals surface area contributed by atoms with Crippen LogP contribution in [0.5, 0.6) is 0 Å². The molecule has 1 fully saturated rings. The van der Waals surface area contributed by atoms with Gasteiger partial charge in [-0.2, -0.15) is 14.4 Å². The Morgan fingerprint density at radius 3 is 2.82 bits per heavy atom. The highest BCUT2D eigenvalue weighted by atomic mass is 19.1. The van der Waals surface area contributed by atoms with Gasteiger partial charge in [0.25, 0.3) is 0 Å². The first-order chi connectivity index (χ1) is 13.6. The molecule has 28 heavy (non-hydrogen) atoms. The summed E-state index contributed by atoms with van der Waals surface area (Å²) in [6, 6.07) is 0. The van der Waals surface area contributed by atoms with Crippen molar-refractivity contribution in [2.24, 2.45) is 0 Å². The fourth-order valence-electron chi connectivity index (χ4n) is 3.47. The summed E-state index contributed by atoms with van der Waals surface area (Å²) in [5.74, 6) is -0.129. The molecule has 3 heterocycles. The SMILES string of the molecule is CCCCCCCCC(=O)Nc1nc(F)nc2c1ncn2C1CCC(CO)O1. The maximum atomic E-state index is 14.0. The number of hydrogen-bond donors (Lipinski definition) is 2. The minimum atomic E-state index is -0.930. The standard InChI is InChI=1S/C19H28FN5O3/c1-2-3-4-5-6-7-8-14(27)22-17-16-18(24-19(20)23-17)25(12-21-16)15-10-9-13(11-26)28-15/h12-13,15,26H,2-11H2,1H3,(H,22,23,24,27). The first-order valence-electron chi connectivity index (χ1n) is 10.1. The summed E-state index contributed by atoms with van der Waals surface area (Å²) in [5.41, 5.74) is 0.597. The van der Waals surface area contributed by atoms with Gasteiger partial charge in [0, 0.05) is 6.42 Å². The second kappa shape index (κ2) is 9.88. The number of fused-ring (bicyclic) bond motifs is 1. The van der Waals surface area contributed by atoms with Crippen LogP contribution in [0.3, 0.4) is 0 Å². The number of ether oxygens (including phenoxy) is 1. The molecule has 3 rings (SSSR count). The van der Waals surface area contributed by atoms with Crippen molar-refractivity contribution in [2.75, 3.05) is 11.9 Å². The van der Waals surface area contributed by atoms with Gasteiger partial charge in [-0.1, -0.05) is 39.0 Å². The predicted octanol–water partition coefficient (Wildman–Crippen LogP) is 3.32. The van der Waals surface area contributed by atoms with E-state index in [0.29, 0.717) is 24.8 Å². The van der Waals surface area contributed by atoms with Crippen LogP contribution in [0.2, 0.25) is 0 Å². The number of nitrogens with zero attached hydrogens (tertiary/aromatic N) is 4. The zero-order chi connectivity index (χ0) is 19.9. The molecule has 9 heteroatoms. The van der Waals surface area contributed by atoms with Crippen molar-refractivity contribution in [3.63, 3.8) is 0 Å². The van der Waals surface area contributed by atoms with Gasteiger partial charge in [-0.25, -0.2) is 4.98 Å². The molecule has 0 radical (unpaired) electrons. The lowest BCUT2D eigenvalue weighted by Gasteiger charge is -2.14. The van der Waals surface area contributed by atoms with Gasteiger partial charge >= 0.3 is 6.08 Å². The second-order valence-electron chi connectivity index (χ2n) is 7.20. The minimum Gasteiger partial charge on any atom is -0.394 e. The number of nitrogens with one attached hydrogen (secondary N) is 1. The Morgan fingerprint density at radius 1 is 1.29 bits per heavy atom. The lowest BCUT2D eigenvalue weighted by molar-refractivity contribution is -0.116. The number of aliphatic hydroxyl groups excluding tert-OH is 1. The molecule has 2 unspecified atom stereocenters. The van der Waals surface area contributed by atoms with Gasteiger partial charge in [0.05, 0.1) is 19.0 Å². The molecule has 2 N–H and O–H groups in total. The van der Waals surface area contributed by atoms with Gasteiger partial charge in [-0.05, 0) is 19.3 Å². The first-order valence-corrected chi connectivity index (χ1v) is 10.1. The number of rotatable bonds is 10. The van der Waals surface area contributed by atoms with Crippen molar-refractivity contribution in [3.05, 3.63) is 12.4 Å². The number of carbonyl (C=O) groups excluding carboxylic acids is 1. The summed E-state index contributed by atoms with van der Waals surface area (Å²) in [4.78, 5) is 24.0. The lowest BCUT2D eigenvalue weighted by atomic mass is 10.1. The maximum absolute atomic E-state index is 14.0. The summed E-state index contributed by atoms with van der Waals surface area (Å²) in [6.45, 7) is 2.10. The van der Waals surface area contributed by atoms with Crippen LogP contribution in [0.4, 0.5) is 10.2 Å². The van der Waals surface area contributed by atoms with E-state index in [1.165, 1.54) is 25.6 Å². The molecule has 0 spiro atoms. The Balaban J connectivity index is 1.64. The quantitative estimate of drug-likeness (QED) is 0.474. The zero-order valence-electron chi connectivity index (χ0n) is 16.2. The summed E-state index contributed by atoms with van der Waals surface area (Å²) < 4.78 is 21.3. The molecule has 1 aliphatic heterocycles. The van der Waals surface area contributed by atoms with E-state index in [-0.39, 0.29) is 36.3 Å². The van der Waals surface area contributed by atoms with Crippen LogP contribution in [-0.2, 0) is 9.53 Å². The second-order valence-corrected chi connectivity index (χ2v) is 7.20. The number of amides is 1. The highest BCUT2D eigenvalue weighted by Gasteiger charge is 2.28. The fraction of sp³-hybridized carbons (Fsp3) is 0.684. The average Bonchev–Trinajstić information content (AvgIpc) is 3.31. The molecule has 0 aromatic carbocycles. The molecule has 0 bridgehead atoms. The van der Waals surface area contributed by atoms with Crippen LogP contribution in [0.15, 0.2) is 6.33 Å². The highest BCUT2D eigenvalue weighted by molar-refractivity contribution is 5.96. The average molecular weight is 393 g/mol. The molecule has 1 saturated heterocycles. The number of unbranched alkanes of at least 4 members (excludes halogenated alkanes) is 5. The molecule has 2 aromatic rings. The Bertz CT molecular complexity index is 797. The Labute approximate surface area is 163 Å². The molecule has 2 aromatic heterocycles. The van der Waals surface area contributed by atoms with Gasteiger partial charge < -0.3 is 15.2 Å². The Morgan fingerprint density at radius 2 is 2.07 bits per heavy atom. The predicted molar refractivity (Wildman–Crippen MR) is 102 cm³/mol. The van der Waals surface area contributed by atoms with Crippen molar-refractivity contribution >= 4 is 22.9 Å². The van der Waals surface area contributed by atoms with Gasteiger partial charge in [-0.3, -0.25) is 9.36 Å². The monoisotopic (exact) mass is 393 g/mol. The molecular weight excluding hydrogens is 365 g/mol. The van der Waals surface area contributed by atoms with Gasteiger partial charge in [0.1, 0.15) is 6.23 Å². The van der Waals surface area contributed by atoms with Crippen molar-refractivity contribution in [2.45, 2.75) is 77.0 Å². The molecule has 0 saturated carbocycles. The molecule has 1 aliphatic rings. The normalized spacial score (nSPS) is 19.4. The van der Waals surface area contributed by atoms with Crippen molar-refractivity contribution < 1.29 is 19.0 Å². The largest absolute Gasteiger partial charge is 0.394 e. The third kappa shape index (κ3) is 5.02.